The highest BCUT2D eigenvalue weighted by atomic mass is 35.5. The van der Waals surface area contributed by atoms with Gasteiger partial charge in [0, 0.05) is 43.4 Å². The molecule has 1 saturated heterocycles. The van der Waals surface area contributed by atoms with Gasteiger partial charge in [0.05, 0.1) is 31.9 Å². The molecule has 1 aliphatic rings. The van der Waals surface area contributed by atoms with Crippen molar-refractivity contribution in [3.05, 3.63) is 17.0 Å². The summed E-state index contributed by atoms with van der Waals surface area (Å²) in [5.41, 5.74) is 3.20. The topological polar surface area (TPSA) is 88.4 Å². The molecule has 132 valence electrons. The smallest absolute Gasteiger partial charge is 0.307 e. The molecule has 2 unspecified atom stereocenters. The van der Waals surface area contributed by atoms with E-state index >= 15 is 0 Å². The number of halogens is 1. The van der Waals surface area contributed by atoms with E-state index in [0.717, 1.165) is 36.6 Å². The summed E-state index contributed by atoms with van der Waals surface area (Å²) in [6.07, 6.45) is 0.0584. The largest absolute Gasteiger partial charge is 0.469 e. The lowest BCUT2D eigenvalue weighted by Gasteiger charge is -2.14. The third-order valence-electron chi connectivity index (χ3n) is 4.30. The molecule has 2 atom stereocenters. The Bertz CT molecular complexity index is 521. The van der Waals surface area contributed by atoms with Crippen LogP contribution in [0.15, 0.2) is 0 Å². The van der Waals surface area contributed by atoms with Crippen LogP contribution in [0.2, 0.25) is 0 Å². The van der Waals surface area contributed by atoms with Crippen molar-refractivity contribution in [2.45, 2.75) is 39.5 Å². The normalized spacial score (nSPS) is 20.3. The first-order chi connectivity index (χ1) is 10.5. The van der Waals surface area contributed by atoms with Gasteiger partial charge in [-0.3, -0.25) is 9.48 Å². The van der Waals surface area contributed by atoms with Gasteiger partial charge in [-0.15, -0.1) is 12.4 Å². The van der Waals surface area contributed by atoms with Crippen LogP contribution in [0.3, 0.4) is 0 Å². The van der Waals surface area contributed by atoms with Crippen molar-refractivity contribution >= 4 is 18.4 Å². The number of aliphatic hydroxyl groups is 1. The van der Waals surface area contributed by atoms with E-state index in [0.29, 0.717) is 19.5 Å². The van der Waals surface area contributed by atoms with E-state index < -0.39 is 0 Å². The number of methoxy groups -OCH3 is 1. The molecule has 23 heavy (non-hydrogen) atoms. The van der Waals surface area contributed by atoms with Crippen molar-refractivity contribution in [1.82, 2.24) is 20.4 Å². The van der Waals surface area contributed by atoms with Gasteiger partial charge in [-0.2, -0.15) is 5.10 Å². The summed E-state index contributed by atoms with van der Waals surface area (Å²) in [5, 5.41) is 20.9. The lowest BCUT2D eigenvalue weighted by atomic mass is 10.1. The summed E-state index contributed by atoms with van der Waals surface area (Å²) in [7, 11) is 1.39. The highest BCUT2D eigenvalue weighted by Gasteiger charge is 2.24. The number of esters is 1. The molecule has 1 aliphatic heterocycles. The van der Waals surface area contributed by atoms with E-state index in [1.54, 1.807) is 0 Å². The second-order valence-corrected chi connectivity index (χ2v) is 5.82. The minimum atomic E-state index is -0.266. The summed E-state index contributed by atoms with van der Waals surface area (Å²) >= 11 is 0. The molecule has 0 spiro atoms. The lowest BCUT2D eigenvalue weighted by molar-refractivity contribution is -0.140. The highest BCUT2D eigenvalue weighted by molar-refractivity contribution is 5.85. The fourth-order valence-electron chi connectivity index (χ4n) is 2.82. The molecule has 1 aromatic heterocycles. The third kappa shape index (κ3) is 5.17. The zero-order chi connectivity index (χ0) is 16.1. The van der Waals surface area contributed by atoms with Gasteiger partial charge in [0.2, 0.25) is 0 Å². The van der Waals surface area contributed by atoms with Crippen molar-refractivity contribution in [1.29, 1.82) is 0 Å². The molecule has 7 nitrogen and oxygen atoms in total. The Labute approximate surface area is 143 Å². The maximum absolute atomic E-state index is 11.2. The Hall–Kier alpha value is -1.15. The Morgan fingerprint density at radius 1 is 1.48 bits per heavy atom. The molecule has 0 aliphatic carbocycles. The van der Waals surface area contributed by atoms with E-state index in [1.165, 1.54) is 7.11 Å². The number of aliphatic hydroxyl groups excluding tert-OH is 1. The lowest BCUT2D eigenvalue weighted by Crippen LogP contribution is -2.30. The fourth-order valence-corrected chi connectivity index (χ4v) is 2.82. The summed E-state index contributed by atoms with van der Waals surface area (Å²) in [5.74, 6) is 0.0323. The second kappa shape index (κ2) is 9.22. The number of nitrogens with zero attached hydrogens (tertiary/aromatic N) is 2. The molecule has 8 heteroatoms. The number of β-amino-alcohol motifs (C(OH)–C–C–N with tert-alkyl or cyclic N) is 1. The quantitative estimate of drug-likeness (QED) is 0.609. The number of ether oxygens (including phenoxy) is 1. The van der Waals surface area contributed by atoms with Gasteiger partial charge in [-0.05, 0) is 13.8 Å². The Morgan fingerprint density at radius 2 is 2.22 bits per heavy atom. The first-order valence-corrected chi connectivity index (χ1v) is 7.72. The van der Waals surface area contributed by atoms with Gasteiger partial charge >= 0.3 is 5.97 Å². The van der Waals surface area contributed by atoms with Crippen molar-refractivity contribution in [2.75, 3.05) is 26.7 Å². The number of carbonyl (C=O) groups excluding carboxylic acids is 1. The predicted octanol–water partition coefficient (Wildman–Crippen LogP) is 0.155. The molecule has 2 heterocycles. The number of nitrogens with one attached hydrogen (secondary N) is 2. The first-order valence-electron chi connectivity index (χ1n) is 7.72. The highest BCUT2D eigenvalue weighted by Crippen LogP contribution is 2.14. The van der Waals surface area contributed by atoms with Gasteiger partial charge in [0.1, 0.15) is 0 Å². The van der Waals surface area contributed by atoms with Gasteiger partial charge < -0.3 is 20.5 Å². The number of hydrogen-bond acceptors (Lipinski definition) is 6. The number of hydrogen-bond donors (Lipinski definition) is 3. The van der Waals surface area contributed by atoms with E-state index in [4.69, 9.17) is 0 Å². The van der Waals surface area contributed by atoms with Gasteiger partial charge in [-0.1, -0.05) is 0 Å². The van der Waals surface area contributed by atoms with Crippen LogP contribution in [0.1, 0.15) is 23.4 Å². The predicted molar refractivity (Wildman–Crippen MR) is 89.7 cm³/mol. The van der Waals surface area contributed by atoms with Crippen LogP contribution in [0.5, 0.6) is 0 Å². The molecule has 0 radical (unpaired) electrons. The number of rotatable bonds is 7. The molecular weight excluding hydrogens is 320 g/mol. The number of aromatic nitrogens is 2. The standard InChI is InChI=1S/C15H26N4O3.ClH/c1-10-13(8-16-6-12-7-17-9-14(12)20)11(2)19(18-10)5-4-15(21)22-3;/h12,14,16-17,20H,4-9H2,1-3H3;1H. The van der Waals surface area contributed by atoms with E-state index in [9.17, 15) is 9.90 Å². The van der Waals surface area contributed by atoms with Crippen LogP contribution in [-0.4, -0.2) is 53.7 Å². The van der Waals surface area contributed by atoms with Crippen LogP contribution >= 0.6 is 12.4 Å². The molecule has 0 amide bonds. The van der Waals surface area contributed by atoms with Crippen LogP contribution in [0.25, 0.3) is 0 Å². The molecule has 0 saturated carbocycles. The zero-order valence-corrected chi connectivity index (χ0v) is 14.8. The van der Waals surface area contributed by atoms with Crippen LogP contribution in [0.4, 0.5) is 0 Å². The Balaban J connectivity index is 0.00000264. The van der Waals surface area contributed by atoms with Crippen molar-refractivity contribution in [3.63, 3.8) is 0 Å². The summed E-state index contributed by atoms with van der Waals surface area (Å²) < 4.78 is 6.52. The van der Waals surface area contributed by atoms with Crippen LogP contribution in [0, 0.1) is 19.8 Å². The zero-order valence-electron chi connectivity index (χ0n) is 14.0. The fraction of sp³-hybridized carbons (Fsp3) is 0.733. The number of aryl methyl sites for hydroxylation is 2. The van der Waals surface area contributed by atoms with Gasteiger partial charge in [0.15, 0.2) is 0 Å². The minimum absolute atomic E-state index is 0. The van der Waals surface area contributed by atoms with E-state index in [2.05, 4.69) is 20.5 Å². The average Bonchev–Trinajstić information content (AvgIpc) is 3.02. The van der Waals surface area contributed by atoms with E-state index in [1.807, 2.05) is 18.5 Å². The summed E-state index contributed by atoms with van der Waals surface area (Å²) in [6, 6.07) is 0. The first kappa shape index (κ1) is 19.9. The molecule has 2 rings (SSSR count). The van der Waals surface area contributed by atoms with Crippen LogP contribution in [-0.2, 0) is 22.6 Å². The Morgan fingerprint density at radius 3 is 2.83 bits per heavy atom. The molecular formula is C15H27ClN4O3. The van der Waals surface area contributed by atoms with Crippen LogP contribution < -0.4 is 10.6 Å². The maximum atomic E-state index is 11.2. The molecule has 3 N–H and O–H groups in total. The van der Waals surface area contributed by atoms with Gasteiger partial charge in [-0.25, -0.2) is 0 Å². The average molecular weight is 347 g/mol. The summed E-state index contributed by atoms with van der Waals surface area (Å²) in [6.45, 7) is 7.55. The van der Waals surface area contributed by atoms with E-state index in [-0.39, 0.29) is 30.4 Å². The molecule has 1 fully saturated rings. The van der Waals surface area contributed by atoms with Crippen molar-refractivity contribution in [3.8, 4) is 0 Å². The van der Waals surface area contributed by atoms with Gasteiger partial charge in [0.25, 0.3) is 0 Å². The number of carbonyl (C=O) groups is 1. The third-order valence-corrected chi connectivity index (χ3v) is 4.30. The molecule has 1 aromatic rings. The minimum Gasteiger partial charge on any atom is -0.469 e. The van der Waals surface area contributed by atoms with Crippen molar-refractivity contribution in [2.24, 2.45) is 5.92 Å². The SMILES string of the molecule is COC(=O)CCn1nc(C)c(CNCC2CNCC2O)c1C.Cl. The monoisotopic (exact) mass is 346 g/mol. The van der Waals surface area contributed by atoms with Crippen molar-refractivity contribution < 1.29 is 14.6 Å². The Kier molecular flexibility index (Phi) is 7.98. The molecule has 0 aromatic carbocycles. The summed E-state index contributed by atoms with van der Waals surface area (Å²) in [4.78, 5) is 11.2. The maximum Gasteiger partial charge on any atom is 0.307 e. The molecule has 0 bridgehead atoms. The second-order valence-electron chi connectivity index (χ2n) is 5.82.